The molecule has 3 heteroatoms. The normalized spacial score (nSPS) is 12.8. The standard InChI is InChI=1S/C16H28N2O/c1-4-18(5-2)11-7-8-14(3)17-13-15-9-6-10-16(19)12-15/h6,9-10,12,14,17,19H,4-5,7-8,11,13H2,1-3H3. The fourth-order valence-electron chi connectivity index (χ4n) is 2.22. The average Bonchev–Trinajstić information content (AvgIpc) is 2.41. The van der Waals surface area contributed by atoms with E-state index in [4.69, 9.17) is 0 Å². The second kappa shape index (κ2) is 8.94. The molecular weight excluding hydrogens is 236 g/mol. The second-order valence-electron chi connectivity index (χ2n) is 5.12. The molecule has 1 aromatic rings. The first kappa shape index (κ1) is 16.0. The van der Waals surface area contributed by atoms with Gasteiger partial charge < -0.3 is 15.3 Å². The van der Waals surface area contributed by atoms with E-state index in [0.29, 0.717) is 11.8 Å². The van der Waals surface area contributed by atoms with Crippen molar-refractivity contribution in [1.82, 2.24) is 10.2 Å². The minimum atomic E-state index is 0.341. The molecule has 0 aliphatic heterocycles. The van der Waals surface area contributed by atoms with Crippen LogP contribution in [0.2, 0.25) is 0 Å². The monoisotopic (exact) mass is 264 g/mol. The number of nitrogens with zero attached hydrogens (tertiary/aromatic N) is 1. The molecule has 0 aromatic heterocycles. The fourth-order valence-corrected chi connectivity index (χ4v) is 2.22. The van der Waals surface area contributed by atoms with Crippen LogP contribution < -0.4 is 5.32 Å². The van der Waals surface area contributed by atoms with Crippen molar-refractivity contribution < 1.29 is 5.11 Å². The van der Waals surface area contributed by atoms with E-state index in [0.717, 1.165) is 25.2 Å². The number of phenolic OH excluding ortho intramolecular Hbond substituents is 1. The largest absolute Gasteiger partial charge is 0.508 e. The van der Waals surface area contributed by atoms with Crippen molar-refractivity contribution in [3.63, 3.8) is 0 Å². The molecule has 0 saturated carbocycles. The molecule has 0 amide bonds. The van der Waals surface area contributed by atoms with E-state index in [1.54, 1.807) is 6.07 Å². The summed E-state index contributed by atoms with van der Waals surface area (Å²) in [5, 5.41) is 12.9. The third-order valence-electron chi connectivity index (χ3n) is 3.57. The molecule has 1 rings (SSSR count). The highest BCUT2D eigenvalue weighted by Crippen LogP contribution is 2.11. The van der Waals surface area contributed by atoms with Gasteiger partial charge in [-0.25, -0.2) is 0 Å². The minimum absolute atomic E-state index is 0.341. The van der Waals surface area contributed by atoms with Gasteiger partial charge in [-0.05, 0) is 57.1 Å². The average molecular weight is 264 g/mol. The zero-order chi connectivity index (χ0) is 14.1. The van der Waals surface area contributed by atoms with Crippen molar-refractivity contribution in [3.05, 3.63) is 29.8 Å². The number of rotatable bonds is 9. The van der Waals surface area contributed by atoms with E-state index in [1.807, 2.05) is 18.2 Å². The fraction of sp³-hybridized carbons (Fsp3) is 0.625. The Morgan fingerprint density at radius 1 is 1.26 bits per heavy atom. The summed E-state index contributed by atoms with van der Waals surface area (Å²) >= 11 is 0. The number of nitrogens with one attached hydrogen (secondary N) is 1. The number of aromatic hydroxyl groups is 1. The van der Waals surface area contributed by atoms with Crippen molar-refractivity contribution in [1.29, 1.82) is 0 Å². The first-order valence-electron chi connectivity index (χ1n) is 7.39. The van der Waals surface area contributed by atoms with Gasteiger partial charge in [0.1, 0.15) is 5.75 Å². The maximum atomic E-state index is 9.40. The Hall–Kier alpha value is -1.06. The second-order valence-corrected chi connectivity index (χ2v) is 5.12. The van der Waals surface area contributed by atoms with Crippen LogP contribution in [-0.4, -0.2) is 35.7 Å². The van der Waals surface area contributed by atoms with E-state index >= 15 is 0 Å². The molecule has 0 bridgehead atoms. The van der Waals surface area contributed by atoms with E-state index in [1.165, 1.54) is 19.4 Å². The van der Waals surface area contributed by atoms with E-state index in [2.05, 4.69) is 31.0 Å². The highest BCUT2D eigenvalue weighted by molar-refractivity contribution is 5.26. The van der Waals surface area contributed by atoms with Gasteiger partial charge >= 0.3 is 0 Å². The van der Waals surface area contributed by atoms with Crippen LogP contribution in [0.3, 0.4) is 0 Å². The topological polar surface area (TPSA) is 35.5 Å². The van der Waals surface area contributed by atoms with Gasteiger partial charge in [0.2, 0.25) is 0 Å². The summed E-state index contributed by atoms with van der Waals surface area (Å²) in [4.78, 5) is 2.46. The third kappa shape index (κ3) is 6.60. The van der Waals surface area contributed by atoms with Gasteiger partial charge in [-0.2, -0.15) is 0 Å². The molecular formula is C16H28N2O. The Morgan fingerprint density at radius 2 is 2.00 bits per heavy atom. The van der Waals surface area contributed by atoms with Crippen LogP contribution in [0, 0.1) is 0 Å². The minimum Gasteiger partial charge on any atom is -0.508 e. The smallest absolute Gasteiger partial charge is 0.115 e. The summed E-state index contributed by atoms with van der Waals surface area (Å²) < 4.78 is 0. The quantitative estimate of drug-likeness (QED) is 0.720. The van der Waals surface area contributed by atoms with Crippen molar-refractivity contribution in [2.24, 2.45) is 0 Å². The number of hydrogen-bond acceptors (Lipinski definition) is 3. The molecule has 0 radical (unpaired) electrons. The third-order valence-corrected chi connectivity index (χ3v) is 3.57. The molecule has 19 heavy (non-hydrogen) atoms. The van der Waals surface area contributed by atoms with Crippen molar-refractivity contribution in [3.8, 4) is 5.75 Å². The van der Waals surface area contributed by atoms with E-state index in [9.17, 15) is 5.11 Å². The predicted molar refractivity (Wildman–Crippen MR) is 81.4 cm³/mol. The van der Waals surface area contributed by atoms with Crippen molar-refractivity contribution >= 4 is 0 Å². The van der Waals surface area contributed by atoms with Gasteiger partial charge in [-0.3, -0.25) is 0 Å². The lowest BCUT2D eigenvalue weighted by atomic mass is 10.1. The zero-order valence-electron chi connectivity index (χ0n) is 12.5. The van der Waals surface area contributed by atoms with Crippen LogP contribution >= 0.6 is 0 Å². The van der Waals surface area contributed by atoms with Gasteiger partial charge in [0.15, 0.2) is 0 Å². The summed E-state index contributed by atoms with van der Waals surface area (Å²) in [5.74, 6) is 0.341. The first-order chi connectivity index (χ1) is 9.15. The van der Waals surface area contributed by atoms with E-state index in [-0.39, 0.29) is 0 Å². The van der Waals surface area contributed by atoms with Gasteiger partial charge in [-0.15, -0.1) is 0 Å². The predicted octanol–water partition coefficient (Wildman–Crippen LogP) is 2.99. The van der Waals surface area contributed by atoms with Crippen LogP contribution in [0.25, 0.3) is 0 Å². The molecule has 3 nitrogen and oxygen atoms in total. The van der Waals surface area contributed by atoms with Gasteiger partial charge in [0.25, 0.3) is 0 Å². The highest BCUT2D eigenvalue weighted by Gasteiger charge is 2.04. The lowest BCUT2D eigenvalue weighted by Gasteiger charge is -2.19. The first-order valence-corrected chi connectivity index (χ1v) is 7.39. The summed E-state index contributed by atoms with van der Waals surface area (Å²) in [7, 11) is 0. The van der Waals surface area contributed by atoms with Crippen molar-refractivity contribution in [2.75, 3.05) is 19.6 Å². The summed E-state index contributed by atoms with van der Waals surface area (Å²) in [6.45, 7) is 10.9. The van der Waals surface area contributed by atoms with Gasteiger partial charge in [0, 0.05) is 12.6 Å². The molecule has 108 valence electrons. The molecule has 1 atom stereocenters. The number of phenols is 1. The lowest BCUT2D eigenvalue weighted by Crippen LogP contribution is -2.28. The maximum absolute atomic E-state index is 9.40. The Balaban J connectivity index is 2.19. The van der Waals surface area contributed by atoms with Crippen LogP contribution in [-0.2, 0) is 6.54 Å². The van der Waals surface area contributed by atoms with Crippen molar-refractivity contribution in [2.45, 2.75) is 46.2 Å². The Labute approximate surface area is 117 Å². The highest BCUT2D eigenvalue weighted by atomic mass is 16.3. The summed E-state index contributed by atoms with van der Waals surface area (Å²) in [5.41, 5.74) is 1.13. The lowest BCUT2D eigenvalue weighted by molar-refractivity contribution is 0.290. The zero-order valence-corrected chi connectivity index (χ0v) is 12.5. The molecule has 0 aliphatic carbocycles. The Bertz CT molecular complexity index is 350. The molecule has 1 aromatic carbocycles. The molecule has 1 unspecified atom stereocenters. The number of benzene rings is 1. The van der Waals surface area contributed by atoms with Crippen LogP contribution in [0.5, 0.6) is 5.75 Å². The molecule has 0 aliphatic rings. The SMILES string of the molecule is CCN(CC)CCCC(C)NCc1cccc(O)c1. The molecule has 0 saturated heterocycles. The Morgan fingerprint density at radius 3 is 2.63 bits per heavy atom. The molecule has 2 N–H and O–H groups in total. The van der Waals surface area contributed by atoms with E-state index < -0.39 is 0 Å². The van der Waals surface area contributed by atoms with Gasteiger partial charge in [0.05, 0.1) is 0 Å². The summed E-state index contributed by atoms with van der Waals surface area (Å²) in [6, 6.07) is 7.96. The molecule has 0 heterocycles. The van der Waals surface area contributed by atoms with Crippen LogP contribution in [0.15, 0.2) is 24.3 Å². The maximum Gasteiger partial charge on any atom is 0.115 e. The summed E-state index contributed by atoms with van der Waals surface area (Å²) in [6.07, 6.45) is 2.42. The number of hydrogen-bond donors (Lipinski definition) is 2. The van der Waals surface area contributed by atoms with Crippen LogP contribution in [0.1, 0.15) is 39.2 Å². The Kier molecular flexibility index (Phi) is 7.53. The molecule has 0 spiro atoms. The molecule has 0 fully saturated rings. The van der Waals surface area contributed by atoms with Crippen LogP contribution in [0.4, 0.5) is 0 Å². The van der Waals surface area contributed by atoms with Gasteiger partial charge in [-0.1, -0.05) is 26.0 Å².